The second kappa shape index (κ2) is 8.34. The van der Waals surface area contributed by atoms with Gasteiger partial charge in [0.25, 0.3) is 0 Å². The lowest BCUT2D eigenvalue weighted by Gasteiger charge is -2.21. The smallest absolute Gasteiger partial charge is 0.191 e. The van der Waals surface area contributed by atoms with Gasteiger partial charge in [-0.2, -0.15) is 0 Å². The second-order valence-electron chi connectivity index (χ2n) is 6.81. The minimum Gasteiger partial charge on any atom is -0.356 e. The molecule has 0 aliphatic carbocycles. The number of aryl methyl sites for hydroxylation is 2. The van der Waals surface area contributed by atoms with Gasteiger partial charge in [-0.15, -0.1) is 0 Å². The van der Waals surface area contributed by atoms with Crippen molar-refractivity contribution in [1.82, 2.24) is 25.1 Å². The van der Waals surface area contributed by atoms with Crippen molar-refractivity contribution in [1.29, 1.82) is 0 Å². The highest BCUT2D eigenvalue weighted by Crippen LogP contribution is 2.15. The van der Waals surface area contributed by atoms with Gasteiger partial charge in [0.1, 0.15) is 5.82 Å². The van der Waals surface area contributed by atoms with Crippen LogP contribution < -0.4 is 10.6 Å². The SMILES string of the molecule is CN=C(NCCCn1c(C)nc2ccccc21)NCC1CCCN1C. The summed E-state index contributed by atoms with van der Waals surface area (Å²) in [4.78, 5) is 11.4. The molecule has 2 N–H and O–H groups in total. The molecule has 25 heavy (non-hydrogen) atoms. The van der Waals surface area contributed by atoms with E-state index >= 15 is 0 Å². The number of aromatic nitrogens is 2. The zero-order valence-corrected chi connectivity index (χ0v) is 15.6. The molecule has 6 nitrogen and oxygen atoms in total. The molecule has 1 unspecified atom stereocenters. The van der Waals surface area contributed by atoms with E-state index in [9.17, 15) is 0 Å². The van der Waals surface area contributed by atoms with Gasteiger partial charge in [-0.3, -0.25) is 4.99 Å². The monoisotopic (exact) mass is 342 g/mol. The average Bonchev–Trinajstić information content (AvgIpc) is 3.17. The Morgan fingerprint density at radius 3 is 2.92 bits per heavy atom. The molecular weight excluding hydrogens is 312 g/mol. The Labute approximate surface area is 150 Å². The van der Waals surface area contributed by atoms with E-state index in [4.69, 9.17) is 0 Å². The molecule has 0 bridgehead atoms. The van der Waals surface area contributed by atoms with Crippen molar-refractivity contribution >= 4 is 17.0 Å². The minimum atomic E-state index is 0.624. The van der Waals surface area contributed by atoms with Gasteiger partial charge in [-0.25, -0.2) is 4.98 Å². The van der Waals surface area contributed by atoms with Gasteiger partial charge < -0.3 is 20.1 Å². The van der Waals surface area contributed by atoms with Gasteiger partial charge in [-0.05, 0) is 51.9 Å². The highest BCUT2D eigenvalue weighted by atomic mass is 15.2. The summed E-state index contributed by atoms with van der Waals surface area (Å²) in [5.41, 5.74) is 2.29. The Bertz CT molecular complexity index is 720. The number of para-hydroxylation sites is 2. The molecular formula is C19H30N6. The Morgan fingerprint density at radius 1 is 1.32 bits per heavy atom. The predicted molar refractivity (Wildman–Crippen MR) is 104 cm³/mol. The first-order valence-corrected chi connectivity index (χ1v) is 9.25. The average molecular weight is 342 g/mol. The standard InChI is InChI=1S/C19H30N6/c1-15-23-17-9-4-5-10-18(17)25(15)13-7-11-21-19(20-2)22-14-16-8-6-12-24(16)3/h4-5,9-10,16H,6-8,11-14H2,1-3H3,(H2,20,21,22). The number of hydrogen-bond donors (Lipinski definition) is 2. The largest absolute Gasteiger partial charge is 0.356 e. The maximum Gasteiger partial charge on any atom is 0.191 e. The molecule has 1 aliphatic heterocycles. The van der Waals surface area contributed by atoms with Crippen molar-refractivity contribution < 1.29 is 0 Å². The zero-order valence-electron chi connectivity index (χ0n) is 15.6. The quantitative estimate of drug-likeness (QED) is 0.479. The molecule has 0 radical (unpaired) electrons. The lowest BCUT2D eigenvalue weighted by atomic mass is 10.2. The number of likely N-dealkylation sites (N-methyl/N-ethyl adjacent to an activating group) is 1. The molecule has 3 rings (SSSR count). The highest BCUT2D eigenvalue weighted by molar-refractivity contribution is 5.79. The fourth-order valence-corrected chi connectivity index (χ4v) is 3.59. The fourth-order valence-electron chi connectivity index (χ4n) is 3.59. The fraction of sp³-hybridized carbons (Fsp3) is 0.579. The normalized spacial score (nSPS) is 18.8. The topological polar surface area (TPSA) is 57.5 Å². The summed E-state index contributed by atoms with van der Waals surface area (Å²) in [6.45, 7) is 6.10. The first-order valence-electron chi connectivity index (χ1n) is 9.25. The number of nitrogens with zero attached hydrogens (tertiary/aromatic N) is 4. The summed E-state index contributed by atoms with van der Waals surface area (Å²) >= 11 is 0. The number of hydrogen-bond acceptors (Lipinski definition) is 3. The van der Waals surface area contributed by atoms with E-state index in [0.717, 1.165) is 43.4 Å². The van der Waals surface area contributed by atoms with Gasteiger partial charge in [0.05, 0.1) is 11.0 Å². The third-order valence-electron chi connectivity index (χ3n) is 5.10. The second-order valence-corrected chi connectivity index (χ2v) is 6.81. The van der Waals surface area contributed by atoms with E-state index in [-0.39, 0.29) is 0 Å². The Hall–Kier alpha value is -2.08. The van der Waals surface area contributed by atoms with Crippen molar-refractivity contribution in [2.45, 2.75) is 38.8 Å². The molecule has 0 saturated carbocycles. The minimum absolute atomic E-state index is 0.624. The molecule has 1 saturated heterocycles. The van der Waals surface area contributed by atoms with Crippen LogP contribution in [0, 0.1) is 6.92 Å². The van der Waals surface area contributed by atoms with Crippen LogP contribution in [-0.2, 0) is 6.54 Å². The molecule has 0 spiro atoms. The zero-order chi connectivity index (χ0) is 17.6. The Morgan fingerprint density at radius 2 is 2.16 bits per heavy atom. The van der Waals surface area contributed by atoms with Crippen molar-refractivity contribution in [3.63, 3.8) is 0 Å². The van der Waals surface area contributed by atoms with Gasteiger partial charge in [0, 0.05) is 32.7 Å². The van der Waals surface area contributed by atoms with Crippen molar-refractivity contribution in [2.75, 3.05) is 33.7 Å². The number of benzene rings is 1. The van der Waals surface area contributed by atoms with E-state index < -0.39 is 0 Å². The van der Waals surface area contributed by atoms with Crippen LogP contribution in [0.15, 0.2) is 29.3 Å². The summed E-state index contributed by atoms with van der Waals surface area (Å²) in [5.74, 6) is 1.97. The molecule has 1 aromatic heterocycles. The van der Waals surface area contributed by atoms with E-state index in [2.05, 4.69) is 62.2 Å². The molecule has 1 atom stereocenters. The van der Waals surface area contributed by atoms with Crippen LogP contribution in [0.25, 0.3) is 11.0 Å². The predicted octanol–water partition coefficient (Wildman–Crippen LogP) is 1.99. The molecule has 2 heterocycles. The molecule has 1 aliphatic rings. The number of guanidine groups is 1. The maximum atomic E-state index is 4.63. The van der Waals surface area contributed by atoms with E-state index in [1.54, 1.807) is 0 Å². The van der Waals surface area contributed by atoms with Crippen LogP contribution in [0.5, 0.6) is 0 Å². The van der Waals surface area contributed by atoms with Gasteiger partial charge in [0.15, 0.2) is 5.96 Å². The van der Waals surface area contributed by atoms with Gasteiger partial charge in [0.2, 0.25) is 0 Å². The van der Waals surface area contributed by atoms with Crippen LogP contribution in [0.4, 0.5) is 0 Å². The number of nitrogens with one attached hydrogen (secondary N) is 2. The molecule has 136 valence electrons. The van der Waals surface area contributed by atoms with Crippen LogP contribution >= 0.6 is 0 Å². The summed E-state index contributed by atoms with van der Waals surface area (Å²) in [7, 11) is 4.04. The number of likely N-dealkylation sites (tertiary alicyclic amines) is 1. The molecule has 1 aromatic carbocycles. The van der Waals surface area contributed by atoms with E-state index in [1.807, 2.05) is 13.1 Å². The van der Waals surface area contributed by atoms with Crippen LogP contribution in [0.1, 0.15) is 25.1 Å². The number of imidazole rings is 1. The summed E-state index contributed by atoms with van der Waals surface area (Å²) < 4.78 is 2.29. The highest BCUT2D eigenvalue weighted by Gasteiger charge is 2.20. The third-order valence-corrected chi connectivity index (χ3v) is 5.10. The lowest BCUT2D eigenvalue weighted by Crippen LogP contribution is -2.44. The van der Waals surface area contributed by atoms with Gasteiger partial charge >= 0.3 is 0 Å². The van der Waals surface area contributed by atoms with Crippen molar-refractivity contribution in [3.05, 3.63) is 30.1 Å². The number of aliphatic imine (C=N–C) groups is 1. The summed E-state index contributed by atoms with van der Waals surface area (Å²) in [5, 5.41) is 6.88. The molecule has 2 aromatic rings. The molecule has 0 amide bonds. The third kappa shape index (κ3) is 4.31. The summed E-state index contributed by atoms with van der Waals surface area (Å²) in [6.07, 6.45) is 3.60. The molecule has 6 heteroatoms. The van der Waals surface area contributed by atoms with E-state index in [1.165, 1.54) is 24.9 Å². The Balaban J connectivity index is 1.44. The van der Waals surface area contributed by atoms with Gasteiger partial charge in [-0.1, -0.05) is 12.1 Å². The first-order chi connectivity index (χ1) is 12.2. The Kier molecular flexibility index (Phi) is 5.91. The van der Waals surface area contributed by atoms with Crippen molar-refractivity contribution in [3.8, 4) is 0 Å². The van der Waals surface area contributed by atoms with Crippen LogP contribution in [0.3, 0.4) is 0 Å². The van der Waals surface area contributed by atoms with Crippen LogP contribution in [0.2, 0.25) is 0 Å². The number of rotatable bonds is 6. The summed E-state index contributed by atoms with van der Waals surface area (Å²) in [6, 6.07) is 8.95. The number of fused-ring (bicyclic) bond motifs is 1. The van der Waals surface area contributed by atoms with Crippen LogP contribution in [-0.4, -0.2) is 60.2 Å². The maximum absolute atomic E-state index is 4.63. The first kappa shape index (κ1) is 17.7. The molecule has 1 fully saturated rings. The van der Waals surface area contributed by atoms with E-state index in [0.29, 0.717) is 6.04 Å². The van der Waals surface area contributed by atoms with Crippen molar-refractivity contribution in [2.24, 2.45) is 4.99 Å². The lowest BCUT2D eigenvalue weighted by molar-refractivity contribution is 0.309.